The average molecular weight is 334 g/mol. The minimum Gasteiger partial charge on any atom is -0.323 e. The molecular formula is C17H13F3N2O2. The van der Waals surface area contributed by atoms with Crippen LogP contribution < -0.4 is 10.2 Å². The van der Waals surface area contributed by atoms with Gasteiger partial charge in [-0.25, -0.2) is 13.2 Å². The highest BCUT2D eigenvalue weighted by atomic mass is 19.1. The topological polar surface area (TPSA) is 49.4 Å². The van der Waals surface area contributed by atoms with Crippen molar-refractivity contribution in [3.05, 3.63) is 59.9 Å². The third-order valence-corrected chi connectivity index (χ3v) is 3.82. The Kier molecular flexibility index (Phi) is 4.24. The van der Waals surface area contributed by atoms with Gasteiger partial charge in [-0.2, -0.15) is 0 Å². The summed E-state index contributed by atoms with van der Waals surface area (Å²) < 4.78 is 39.4. The lowest BCUT2D eigenvalue weighted by Gasteiger charge is -2.16. The lowest BCUT2D eigenvalue weighted by atomic mass is 10.1. The molecule has 1 heterocycles. The van der Waals surface area contributed by atoms with Crippen LogP contribution >= 0.6 is 0 Å². The summed E-state index contributed by atoms with van der Waals surface area (Å²) in [5.74, 6) is -3.54. The third-order valence-electron chi connectivity index (χ3n) is 3.82. The number of amides is 2. The van der Waals surface area contributed by atoms with Crippen molar-refractivity contribution in [3.8, 4) is 0 Å². The van der Waals surface area contributed by atoms with Crippen LogP contribution in [0, 0.1) is 23.4 Å². The molecule has 2 aromatic rings. The monoisotopic (exact) mass is 334 g/mol. The first-order valence-electron chi connectivity index (χ1n) is 7.26. The molecule has 0 saturated carbocycles. The van der Waals surface area contributed by atoms with Gasteiger partial charge in [-0.1, -0.05) is 0 Å². The summed E-state index contributed by atoms with van der Waals surface area (Å²) in [6, 6.07) is 8.18. The number of benzene rings is 2. The maximum absolute atomic E-state index is 13.6. The fourth-order valence-corrected chi connectivity index (χ4v) is 2.58. The van der Waals surface area contributed by atoms with E-state index in [0.717, 1.165) is 12.1 Å². The molecule has 2 amide bonds. The highest BCUT2D eigenvalue weighted by molar-refractivity contribution is 6.03. The Balaban J connectivity index is 1.70. The van der Waals surface area contributed by atoms with Gasteiger partial charge in [-0.3, -0.25) is 9.59 Å². The summed E-state index contributed by atoms with van der Waals surface area (Å²) >= 11 is 0. The number of carbonyl (C=O) groups is 2. The molecule has 24 heavy (non-hydrogen) atoms. The Morgan fingerprint density at radius 1 is 1.04 bits per heavy atom. The lowest BCUT2D eigenvalue weighted by Crippen LogP contribution is -2.28. The average Bonchev–Trinajstić information content (AvgIpc) is 2.93. The van der Waals surface area contributed by atoms with E-state index < -0.39 is 29.3 Å². The smallest absolute Gasteiger partial charge is 0.229 e. The molecule has 1 atom stereocenters. The van der Waals surface area contributed by atoms with Crippen molar-refractivity contribution in [2.24, 2.45) is 5.92 Å². The number of hydrogen-bond donors (Lipinski definition) is 1. The van der Waals surface area contributed by atoms with Gasteiger partial charge in [0, 0.05) is 24.7 Å². The Labute approximate surface area is 135 Å². The highest BCUT2D eigenvalue weighted by Gasteiger charge is 2.35. The summed E-state index contributed by atoms with van der Waals surface area (Å²) in [6.07, 6.45) is -0.0357. The van der Waals surface area contributed by atoms with Crippen LogP contribution in [0.25, 0.3) is 0 Å². The highest BCUT2D eigenvalue weighted by Crippen LogP contribution is 2.26. The number of nitrogens with one attached hydrogen (secondary N) is 1. The molecule has 1 fully saturated rings. The molecule has 1 saturated heterocycles. The molecule has 0 aromatic heterocycles. The molecule has 0 radical (unpaired) electrons. The maximum Gasteiger partial charge on any atom is 0.229 e. The Bertz CT molecular complexity index is 793. The van der Waals surface area contributed by atoms with E-state index in [9.17, 15) is 22.8 Å². The molecule has 0 unspecified atom stereocenters. The molecular weight excluding hydrogens is 321 g/mol. The fraction of sp³-hybridized carbons (Fsp3) is 0.176. The fourth-order valence-electron chi connectivity index (χ4n) is 2.58. The van der Waals surface area contributed by atoms with Crippen molar-refractivity contribution >= 4 is 23.2 Å². The predicted octanol–water partition coefficient (Wildman–Crippen LogP) is 3.10. The standard InChI is InChI=1S/C17H13F3N2O2/c18-11-1-4-13(5-2-11)22-9-10(7-16(22)23)17(24)21-15-6-3-12(19)8-14(15)20/h1-6,8,10H,7,9H2,(H,21,24)/t10-/m0/s1. The molecule has 124 valence electrons. The second-order valence-corrected chi connectivity index (χ2v) is 5.50. The van der Waals surface area contributed by atoms with Gasteiger partial charge in [0.15, 0.2) is 0 Å². The van der Waals surface area contributed by atoms with Gasteiger partial charge in [-0.15, -0.1) is 0 Å². The van der Waals surface area contributed by atoms with E-state index in [0.29, 0.717) is 11.8 Å². The summed E-state index contributed by atoms with van der Waals surface area (Å²) in [5.41, 5.74) is 0.346. The number of halogens is 3. The number of carbonyl (C=O) groups excluding carboxylic acids is 2. The third kappa shape index (κ3) is 3.24. The molecule has 0 spiro atoms. The minimum absolute atomic E-state index is 0.0357. The van der Waals surface area contributed by atoms with Crippen LogP contribution in [0.5, 0.6) is 0 Å². The molecule has 2 aromatic carbocycles. The van der Waals surface area contributed by atoms with Gasteiger partial charge in [0.2, 0.25) is 11.8 Å². The molecule has 4 nitrogen and oxygen atoms in total. The summed E-state index contributed by atoms with van der Waals surface area (Å²) in [6.45, 7) is 0.110. The van der Waals surface area contributed by atoms with Gasteiger partial charge in [0.05, 0.1) is 11.6 Å². The van der Waals surface area contributed by atoms with E-state index in [-0.39, 0.29) is 24.6 Å². The van der Waals surface area contributed by atoms with Gasteiger partial charge in [-0.05, 0) is 36.4 Å². The molecule has 1 aliphatic heterocycles. The lowest BCUT2D eigenvalue weighted by molar-refractivity contribution is -0.122. The van der Waals surface area contributed by atoms with E-state index in [4.69, 9.17) is 0 Å². The Morgan fingerprint density at radius 3 is 2.38 bits per heavy atom. The normalized spacial score (nSPS) is 17.2. The SMILES string of the molecule is O=C(Nc1ccc(F)cc1F)[C@H]1CC(=O)N(c2ccc(F)cc2)C1. The summed E-state index contributed by atoms with van der Waals surface area (Å²) in [4.78, 5) is 25.7. The Morgan fingerprint density at radius 2 is 1.71 bits per heavy atom. The van der Waals surface area contributed by atoms with Crippen molar-refractivity contribution in [1.29, 1.82) is 0 Å². The van der Waals surface area contributed by atoms with E-state index in [2.05, 4.69) is 5.32 Å². The first-order valence-corrected chi connectivity index (χ1v) is 7.26. The van der Waals surface area contributed by atoms with Gasteiger partial charge in [0.1, 0.15) is 17.5 Å². The minimum atomic E-state index is -0.886. The van der Waals surface area contributed by atoms with Gasteiger partial charge < -0.3 is 10.2 Å². The molecule has 0 aliphatic carbocycles. The molecule has 0 bridgehead atoms. The number of hydrogen-bond acceptors (Lipinski definition) is 2. The summed E-state index contributed by atoms with van der Waals surface area (Å²) in [5, 5.41) is 2.36. The van der Waals surface area contributed by atoms with Gasteiger partial charge >= 0.3 is 0 Å². The molecule has 1 aliphatic rings. The van der Waals surface area contributed by atoms with Crippen LogP contribution in [0.4, 0.5) is 24.5 Å². The van der Waals surface area contributed by atoms with Crippen LogP contribution in [-0.2, 0) is 9.59 Å². The Hall–Kier alpha value is -2.83. The number of rotatable bonds is 3. The van der Waals surface area contributed by atoms with Crippen LogP contribution in [0.1, 0.15) is 6.42 Å². The van der Waals surface area contributed by atoms with Crippen molar-refractivity contribution in [3.63, 3.8) is 0 Å². The van der Waals surface area contributed by atoms with Crippen molar-refractivity contribution in [1.82, 2.24) is 0 Å². The zero-order chi connectivity index (χ0) is 17.3. The number of anilines is 2. The van der Waals surface area contributed by atoms with Crippen molar-refractivity contribution in [2.45, 2.75) is 6.42 Å². The van der Waals surface area contributed by atoms with E-state index in [1.54, 1.807) is 0 Å². The van der Waals surface area contributed by atoms with E-state index in [1.165, 1.54) is 29.2 Å². The van der Waals surface area contributed by atoms with Crippen LogP contribution in [-0.4, -0.2) is 18.4 Å². The predicted molar refractivity (Wildman–Crippen MR) is 81.8 cm³/mol. The van der Waals surface area contributed by atoms with E-state index in [1.807, 2.05) is 0 Å². The van der Waals surface area contributed by atoms with Gasteiger partial charge in [0.25, 0.3) is 0 Å². The van der Waals surface area contributed by atoms with Crippen LogP contribution in [0.15, 0.2) is 42.5 Å². The van der Waals surface area contributed by atoms with E-state index >= 15 is 0 Å². The quantitative estimate of drug-likeness (QED) is 0.938. The number of nitrogens with zero attached hydrogens (tertiary/aromatic N) is 1. The van der Waals surface area contributed by atoms with Crippen LogP contribution in [0.2, 0.25) is 0 Å². The zero-order valence-electron chi connectivity index (χ0n) is 12.4. The molecule has 1 N–H and O–H groups in total. The van der Waals surface area contributed by atoms with Crippen molar-refractivity contribution < 1.29 is 22.8 Å². The van der Waals surface area contributed by atoms with Crippen LogP contribution in [0.3, 0.4) is 0 Å². The molecule has 3 rings (SSSR count). The second-order valence-electron chi connectivity index (χ2n) is 5.50. The maximum atomic E-state index is 13.6. The van der Waals surface area contributed by atoms with Crippen molar-refractivity contribution in [2.75, 3.05) is 16.8 Å². The second kappa shape index (κ2) is 6.35. The molecule has 7 heteroatoms. The first kappa shape index (κ1) is 16.0. The largest absolute Gasteiger partial charge is 0.323 e. The zero-order valence-corrected chi connectivity index (χ0v) is 12.4. The summed E-state index contributed by atoms with van der Waals surface area (Å²) in [7, 11) is 0. The first-order chi connectivity index (χ1) is 11.4.